The van der Waals surface area contributed by atoms with Crippen molar-refractivity contribution in [2.75, 3.05) is 44.9 Å². The summed E-state index contributed by atoms with van der Waals surface area (Å²) in [5.74, 6) is 0.433. The third kappa shape index (κ3) is 9.76. The molecule has 0 aromatic rings. The molecule has 0 aliphatic heterocycles. The fraction of sp³-hybridized carbons (Fsp3) is 0.909. The highest BCUT2D eigenvalue weighted by molar-refractivity contribution is 7.91. The Morgan fingerprint density at radius 2 is 1.94 bits per heavy atom. The van der Waals surface area contributed by atoms with Crippen LogP contribution in [0.25, 0.3) is 0 Å². The lowest BCUT2D eigenvalue weighted by Crippen LogP contribution is -2.35. The maximum Gasteiger partial charge on any atom is 0.151 e. The molecule has 0 spiro atoms. The molecule has 0 unspecified atom stereocenters. The van der Waals surface area contributed by atoms with Crippen molar-refractivity contribution in [3.8, 4) is 0 Å². The molecule has 0 amide bonds. The summed E-state index contributed by atoms with van der Waals surface area (Å²) in [5.41, 5.74) is 5.45. The molecule has 0 radical (unpaired) electrons. The first-order valence-electron chi connectivity index (χ1n) is 6.11. The predicted octanol–water partition coefficient (Wildman–Crippen LogP) is 0.436. The van der Waals surface area contributed by atoms with Gasteiger partial charge in [0.1, 0.15) is 0 Å². The molecule has 2 N–H and O–H groups in total. The van der Waals surface area contributed by atoms with Crippen LogP contribution in [-0.4, -0.2) is 63.2 Å². The lowest BCUT2D eigenvalue weighted by molar-refractivity contribution is 0.153. The molecule has 0 bridgehead atoms. The van der Waals surface area contributed by atoms with E-state index in [1.807, 2.05) is 11.8 Å². The molecule has 0 saturated heterocycles. The highest BCUT2D eigenvalue weighted by Crippen LogP contribution is 1.98. The third-order valence-corrected chi connectivity index (χ3v) is 4.56. The molecule has 5 nitrogen and oxygen atoms in total. The van der Waals surface area contributed by atoms with E-state index < -0.39 is 9.84 Å². The minimum absolute atomic E-state index is 0.182. The van der Waals surface area contributed by atoms with Crippen molar-refractivity contribution in [1.29, 1.82) is 0 Å². The molecule has 0 aromatic carbocycles. The summed E-state index contributed by atoms with van der Waals surface area (Å²) in [5, 5.41) is 0. The Balaban J connectivity index is 4.18. The van der Waals surface area contributed by atoms with Crippen LogP contribution in [-0.2, 0) is 14.6 Å². The number of methoxy groups -OCH3 is 1. The summed E-state index contributed by atoms with van der Waals surface area (Å²) in [4.78, 5) is 2.48. The molecule has 108 valence electrons. The number of thiocarbonyl (C=S) groups is 1. The van der Waals surface area contributed by atoms with Gasteiger partial charge < -0.3 is 10.5 Å². The van der Waals surface area contributed by atoms with Gasteiger partial charge in [0.2, 0.25) is 0 Å². The minimum Gasteiger partial charge on any atom is -0.393 e. The Morgan fingerprint density at radius 3 is 2.44 bits per heavy atom. The number of rotatable bonds is 11. The number of nitrogens with two attached hydrogens (primary N) is 1. The van der Waals surface area contributed by atoms with Gasteiger partial charge in [-0.1, -0.05) is 19.1 Å². The Morgan fingerprint density at radius 1 is 1.28 bits per heavy atom. The Hall–Kier alpha value is -0.240. The summed E-state index contributed by atoms with van der Waals surface area (Å²) >= 11 is 4.83. The van der Waals surface area contributed by atoms with E-state index in [1.165, 1.54) is 0 Å². The van der Waals surface area contributed by atoms with Gasteiger partial charge in [0.25, 0.3) is 0 Å². The fourth-order valence-electron chi connectivity index (χ4n) is 1.51. The second kappa shape index (κ2) is 9.66. The lowest BCUT2D eigenvalue weighted by Gasteiger charge is -2.21. The quantitative estimate of drug-likeness (QED) is 0.558. The molecule has 0 aliphatic rings. The van der Waals surface area contributed by atoms with Gasteiger partial charge in [-0.2, -0.15) is 0 Å². The summed E-state index contributed by atoms with van der Waals surface area (Å²) in [6, 6.07) is 0. The molecule has 0 saturated carbocycles. The highest BCUT2D eigenvalue weighted by atomic mass is 32.2. The molecule has 7 heteroatoms. The van der Waals surface area contributed by atoms with Crippen molar-refractivity contribution in [2.24, 2.45) is 5.73 Å². The molecule has 0 aromatic heterocycles. The van der Waals surface area contributed by atoms with Gasteiger partial charge in [-0.05, 0) is 6.42 Å². The standard InChI is InChI=1S/C11H24N2O3S2/c1-3-9-18(14,15)10-7-13(6-8-16-2)5-4-11(12)17/h3-10H2,1-2H3,(H2,12,17). The van der Waals surface area contributed by atoms with Crippen molar-refractivity contribution in [2.45, 2.75) is 19.8 Å². The van der Waals surface area contributed by atoms with E-state index >= 15 is 0 Å². The predicted molar refractivity (Wildman–Crippen MR) is 78.7 cm³/mol. The number of nitrogens with zero attached hydrogens (tertiary/aromatic N) is 1. The SMILES string of the molecule is CCCS(=O)(=O)CCN(CCOC)CCC(N)=S. The first-order valence-corrected chi connectivity index (χ1v) is 8.34. The molecular weight excluding hydrogens is 272 g/mol. The van der Waals surface area contributed by atoms with Crippen molar-refractivity contribution < 1.29 is 13.2 Å². The lowest BCUT2D eigenvalue weighted by atomic mass is 10.3. The minimum atomic E-state index is -2.94. The van der Waals surface area contributed by atoms with Crippen LogP contribution in [0, 0.1) is 0 Å². The highest BCUT2D eigenvalue weighted by Gasteiger charge is 2.13. The van der Waals surface area contributed by atoms with Crippen LogP contribution in [0.1, 0.15) is 19.8 Å². The van der Waals surface area contributed by atoms with E-state index in [1.54, 1.807) is 7.11 Å². The second-order valence-corrected chi connectivity index (χ2v) is 7.03. The van der Waals surface area contributed by atoms with E-state index in [2.05, 4.69) is 0 Å². The molecule has 0 aliphatic carbocycles. The average Bonchev–Trinajstić information content (AvgIpc) is 2.27. The molecule has 0 rings (SSSR count). The van der Waals surface area contributed by atoms with Crippen LogP contribution in [0.4, 0.5) is 0 Å². The van der Waals surface area contributed by atoms with Crippen molar-refractivity contribution >= 4 is 27.0 Å². The summed E-state index contributed by atoms with van der Waals surface area (Å²) in [6.07, 6.45) is 1.26. The number of ether oxygens (including phenoxy) is 1. The van der Waals surface area contributed by atoms with Crippen LogP contribution in [0.2, 0.25) is 0 Å². The van der Waals surface area contributed by atoms with E-state index in [-0.39, 0.29) is 11.5 Å². The van der Waals surface area contributed by atoms with Gasteiger partial charge in [-0.3, -0.25) is 4.90 Å². The van der Waals surface area contributed by atoms with Gasteiger partial charge in [-0.25, -0.2) is 8.42 Å². The van der Waals surface area contributed by atoms with Crippen LogP contribution in [0.3, 0.4) is 0 Å². The van der Waals surface area contributed by atoms with E-state index in [9.17, 15) is 8.42 Å². The Bertz CT molecular complexity index is 331. The molecule has 18 heavy (non-hydrogen) atoms. The Kier molecular flexibility index (Phi) is 9.53. The largest absolute Gasteiger partial charge is 0.393 e. The van der Waals surface area contributed by atoms with Crippen LogP contribution >= 0.6 is 12.2 Å². The Labute approximate surface area is 116 Å². The third-order valence-electron chi connectivity index (χ3n) is 2.52. The second-order valence-electron chi connectivity index (χ2n) is 4.20. The zero-order chi connectivity index (χ0) is 14.0. The number of sulfone groups is 1. The fourth-order valence-corrected chi connectivity index (χ4v) is 2.96. The summed E-state index contributed by atoms with van der Waals surface area (Å²) in [6.45, 7) is 4.33. The molecule has 0 heterocycles. The maximum atomic E-state index is 11.6. The molecule has 0 fully saturated rings. The number of hydrogen-bond acceptors (Lipinski definition) is 5. The smallest absolute Gasteiger partial charge is 0.151 e. The normalized spacial score (nSPS) is 11.9. The van der Waals surface area contributed by atoms with Gasteiger partial charge in [-0.15, -0.1) is 0 Å². The van der Waals surface area contributed by atoms with Crippen molar-refractivity contribution in [1.82, 2.24) is 4.90 Å². The number of hydrogen-bond donors (Lipinski definition) is 1. The zero-order valence-corrected chi connectivity index (χ0v) is 12.9. The van der Waals surface area contributed by atoms with Crippen LogP contribution in [0.5, 0.6) is 0 Å². The van der Waals surface area contributed by atoms with Crippen LogP contribution < -0.4 is 5.73 Å². The molecule has 0 atom stereocenters. The van der Waals surface area contributed by atoms with Gasteiger partial charge in [0, 0.05) is 38.9 Å². The first-order chi connectivity index (χ1) is 8.41. The monoisotopic (exact) mass is 296 g/mol. The van der Waals surface area contributed by atoms with Gasteiger partial charge in [0.15, 0.2) is 9.84 Å². The van der Waals surface area contributed by atoms with Crippen LogP contribution in [0.15, 0.2) is 0 Å². The van der Waals surface area contributed by atoms with Crippen molar-refractivity contribution in [3.63, 3.8) is 0 Å². The first kappa shape index (κ1) is 17.8. The van der Waals surface area contributed by atoms with E-state index in [4.69, 9.17) is 22.7 Å². The topological polar surface area (TPSA) is 72.6 Å². The summed E-state index contributed by atoms with van der Waals surface area (Å²) in [7, 11) is -1.31. The van der Waals surface area contributed by atoms with E-state index in [0.717, 1.165) is 0 Å². The average molecular weight is 296 g/mol. The van der Waals surface area contributed by atoms with E-state index in [0.29, 0.717) is 44.1 Å². The maximum absolute atomic E-state index is 11.6. The van der Waals surface area contributed by atoms with Gasteiger partial charge >= 0.3 is 0 Å². The molecular formula is C11H24N2O3S2. The van der Waals surface area contributed by atoms with Crippen molar-refractivity contribution in [3.05, 3.63) is 0 Å². The zero-order valence-electron chi connectivity index (χ0n) is 11.2. The summed E-state index contributed by atoms with van der Waals surface area (Å²) < 4.78 is 28.3. The van der Waals surface area contributed by atoms with Gasteiger partial charge in [0.05, 0.1) is 17.3 Å².